The van der Waals surface area contributed by atoms with Crippen LogP contribution in [0.3, 0.4) is 0 Å². The summed E-state index contributed by atoms with van der Waals surface area (Å²) in [4.78, 5) is 4.30. The molecule has 0 saturated carbocycles. The summed E-state index contributed by atoms with van der Waals surface area (Å²) in [5.74, 6) is 1.17. The number of rotatable bonds is 2. The van der Waals surface area contributed by atoms with E-state index in [-0.39, 0.29) is 5.92 Å². The number of benzene rings is 1. The van der Waals surface area contributed by atoms with Crippen LogP contribution in [0, 0.1) is 0 Å². The molecule has 0 amide bonds. The molecular formula is C14H16N2O2. The Kier molecular flexibility index (Phi) is 2.88. The first-order chi connectivity index (χ1) is 8.75. The Balaban J connectivity index is 1.97. The molecule has 1 aromatic heterocycles. The molecule has 0 spiro atoms. The van der Waals surface area contributed by atoms with E-state index in [0.29, 0.717) is 11.7 Å². The van der Waals surface area contributed by atoms with Crippen LogP contribution >= 0.6 is 0 Å². The smallest absolute Gasteiger partial charge is 0.234 e. The van der Waals surface area contributed by atoms with Crippen molar-refractivity contribution in [3.8, 4) is 0 Å². The first kappa shape index (κ1) is 11.4. The third-order valence-electron chi connectivity index (χ3n) is 3.50. The van der Waals surface area contributed by atoms with Crippen LogP contribution in [0.5, 0.6) is 0 Å². The van der Waals surface area contributed by atoms with E-state index in [1.165, 1.54) is 11.1 Å². The molecule has 2 atom stereocenters. The number of hydrogen-bond acceptors (Lipinski definition) is 4. The first-order valence-electron chi connectivity index (χ1n) is 6.35. The molecule has 2 aromatic rings. The van der Waals surface area contributed by atoms with Crippen LogP contribution in [-0.2, 0) is 6.42 Å². The Labute approximate surface area is 106 Å². The number of hydrogen-bond donors (Lipinski definition) is 1. The maximum absolute atomic E-state index is 9.45. The molecule has 1 aliphatic carbocycles. The van der Waals surface area contributed by atoms with Crippen molar-refractivity contribution in [2.75, 3.05) is 0 Å². The average Bonchev–Trinajstić information content (AvgIpc) is 2.87. The summed E-state index contributed by atoms with van der Waals surface area (Å²) in [6.45, 7) is 1.64. The number of aliphatic hydroxyl groups excluding tert-OH is 1. The fourth-order valence-electron chi connectivity index (χ4n) is 2.57. The highest BCUT2D eigenvalue weighted by atomic mass is 16.5. The third-order valence-corrected chi connectivity index (χ3v) is 3.50. The van der Waals surface area contributed by atoms with Gasteiger partial charge in [-0.1, -0.05) is 29.4 Å². The van der Waals surface area contributed by atoms with Gasteiger partial charge in [0.15, 0.2) is 5.82 Å². The number of aliphatic hydroxyl groups is 1. The van der Waals surface area contributed by atoms with Crippen molar-refractivity contribution >= 4 is 0 Å². The van der Waals surface area contributed by atoms with E-state index in [1.54, 1.807) is 6.92 Å². The summed E-state index contributed by atoms with van der Waals surface area (Å²) in [5, 5.41) is 13.3. The lowest BCUT2D eigenvalue weighted by atomic mass is 9.83. The van der Waals surface area contributed by atoms with Crippen molar-refractivity contribution in [1.82, 2.24) is 10.1 Å². The molecule has 4 nitrogen and oxygen atoms in total. The van der Waals surface area contributed by atoms with Crippen LogP contribution in [0.4, 0.5) is 0 Å². The summed E-state index contributed by atoms with van der Waals surface area (Å²) in [5.41, 5.74) is 2.65. The molecule has 1 aromatic carbocycles. The minimum absolute atomic E-state index is 0.176. The van der Waals surface area contributed by atoms with E-state index in [4.69, 9.17) is 4.52 Å². The van der Waals surface area contributed by atoms with Crippen LogP contribution in [0.15, 0.2) is 28.8 Å². The summed E-state index contributed by atoms with van der Waals surface area (Å²) in [6, 6.07) is 8.40. The topological polar surface area (TPSA) is 59.2 Å². The standard InChI is InChI=1S/C14H16N2O2/c1-9(17)13-15-14(18-16-13)12-8-4-6-10-5-2-3-7-11(10)12/h2-3,5,7,9,12,17H,4,6,8H2,1H3. The largest absolute Gasteiger partial charge is 0.385 e. The highest BCUT2D eigenvalue weighted by molar-refractivity contribution is 5.35. The fraction of sp³-hybridized carbons (Fsp3) is 0.429. The number of aromatic nitrogens is 2. The molecule has 1 aliphatic rings. The van der Waals surface area contributed by atoms with Crippen LogP contribution < -0.4 is 0 Å². The van der Waals surface area contributed by atoms with Crippen molar-refractivity contribution < 1.29 is 9.63 Å². The Morgan fingerprint density at radius 1 is 1.39 bits per heavy atom. The van der Waals surface area contributed by atoms with Gasteiger partial charge in [0.1, 0.15) is 6.10 Å². The van der Waals surface area contributed by atoms with Gasteiger partial charge >= 0.3 is 0 Å². The van der Waals surface area contributed by atoms with Crippen LogP contribution in [0.1, 0.15) is 54.6 Å². The quantitative estimate of drug-likeness (QED) is 0.882. The van der Waals surface area contributed by atoms with Gasteiger partial charge in [-0.05, 0) is 37.3 Å². The van der Waals surface area contributed by atoms with Crippen molar-refractivity contribution in [2.45, 2.75) is 38.2 Å². The molecule has 3 rings (SSSR count). The Morgan fingerprint density at radius 3 is 3.00 bits per heavy atom. The molecule has 2 unspecified atom stereocenters. The zero-order valence-corrected chi connectivity index (χ0v) is 10.3. The lowest BCUT2D eigenvalue weighted by Gasteiger charge is -2.22. The molecule has 1 N–H and O–H groups in total. The molecular weight excluding hydrogens is 228 g/mol. The summed E-state index contributed by atoms with van der Waals surface area (Å²) in [7, 11) is 0. The van der Waals surface area contributed by atoms with Gasteiger partial charge in [-0.15, -0.1) is 0 Å². The van der Waals surface area contributed by atoms with Crippen molar-refractivity contribution in [1.29, 1.82) is 0 Å². The Bertz CT molecular complexity index is 548. The van der Waals surface area contributed by atoms with Gasteiger partial charge in [0, 0.05) is 0 Å². The van der Waals surface area contributed by atoms with E-state index in [1.807, 2.05) is 6.07 Å². The molecule has 0 fully saturated rings. The molecule has 0 radical (unpaired) electrons. The van der Waals surface area contributed by atoms with E-state index in [2.05, 4.69) is 28.3 Å². The Hall–Kier alpha value is -1.68. The monoisotopic (exact) mass is 244 g/mol. The maximum Gasteiger partial charge on any atom is 0.234 e. The van der Waals surface area contributed by atoms with Crippen molar-refractivity contribution in [3.63, 3.8) is 0 Å². The zero-order chi connectivity index (χ0) is 12.5. The van der Waals surface area contributed by atoms with Crippen LogP contribution in [0.2, 0.25) is 0 Å². The SMILES string of the molecule is CC(O)c1noc(C2CCCc3ccccc32)n1. The lowest BCUT2D eigenvalue weighted by molar-refractivity contribution is 0.184. The molecule has 4 heteroatoms. The number of nitrogens with zero attached hydrogens (tertiary/aromatic N) is 2. The maximum atomic E-state index is 9.45. The van der Waals surface area contributed by atoms with E-state index >= 15 is 0 Å². The number of aryl methyl sites for hydroxylation is 1. The van der Waals surface area contributed by atoms with E-state index < -0.39 is 6.10 Å². The van der Waals surface area contributed by atoms with Gasteiger partial charge in [0.2, 0.25) is 5.89 Å². The fourth-order valence-corrected chi connectivity index (χ4v) is 2.57. The molecule has 94 valence electrons. The second-order valence-corrected chi connectivity index (χ2v) is 4.81. The highest BCUT2D eigenvalue weighted by Crippen LogP contribution is 2.35. The predicted octanol–water partition coefficient (Wildman–Crippen LogP) is 2.59. The van der Waals surface area contributed by atoms with E-state index in [0.717, 1.165) is 19.3 Å². The third kappa shape index (κ3) is 1.93. The lowest BCUT2D eigenvalue weighted by Crippen LogP contribution is -2.11. The molecule has 18 heavy (non-hydrogen) atoms. The second-order valence-electron chi connectivity index (χ2n) is 4.81. The zero-order valence-electron chi connectivity index (χ0n) is 10.3. The van der Waals surface area contributed by atoms with Gasteiger partial charge in [-0.2, -0.15) is 4.98 Å². The van der Waals surface area contributed by atoms with Crippen LogP contribution in [0.25, 0.3) is 0 Å². The summed E-state index contributed by atoms with van der Waals surface area (Å²) >= 11 is 0. The van der Waals surface area contributed by atoms with Gasteiger partial charge in [-0.25, -0.2) is 0 Å². The molecule has 0 saturated heterocycles. The number of fused-ring (bicyclic) bond motifs is 1. The summed E-state index contributed by atoms with van der Waals surface area (Å²) < 4.78 is 5.30. The molecule has 0 bridgehead atoms. The van der Waals surface area contributed by atoms with Crippen molar-refractivity contribution in [2.24, 2.45) is 0 Å². The average molecular weight is 244 g/mol. The van der Waals surface area contributed by atoms with Crippen molar-refractivity contribution in [3.05, 3.63) is 47.1 Å². The predicted molar refractivity (Wildman–Crippen MR) is 66.2 cm³/mol. The van der Waals surface area contributed by atoms with E-state index in [9.17, 15) is 5.11 Å². The van der Waals surface area contributed by atoms with Gasteiger partial charge in [0.25, 0.3) is 0 Å². The molecule has 1 heterocycles. The summed E-state index contributed by atoms with van der Waals surface area (Å²) in [6.07, 6.45) is 2.60. The van der Waals surface area contributed by atoms with Gasteiger partial charge in [0.05, 0.1) is 5.92 Å². The highest BCUT2D eigenvalue weighted by Gasteiger charge is 2.26. The van der Waals surface area contributed by atoms with Gasteiger partial charge in [-0.3, -0.25) is 0 Å². The minimum atomic E-state index is -0.679. The molecule has 0 aliphatic heterocycles. The minimum Gasteiger partial charge on any atom is -0.385 e. The Morgan fingerprint density at radius 2 is 2.22 bits per heavy atom. The normalized spacial score (nSPS) is 20.4. The first-order valence-corrected chi connectivity index (χ1v) is 6.35. The van der Waals surface area contributed by atoms with Crippen LogP contribution in [-0.4, -0.2) is 15.2 Å². The second kappa shape index (κ2) is 4.53. The van der Waals surface area contributed by atoms with Gasteiger partial charge < -0.3 is 9.63 Å².